The van der Waals surface area contributed by atoms with Crippen LogP contribution in [0.4, 0.5) is 4.39 Å². The first-order valence-corrected chi connectivity index (χ1v) is 11.4. The first-order chi connectivity index (χ1) is 16.4. The van der Waals surface area contributed by atoms with Crippen molar-refractivity contribution in [2.45, 2.75) is 32.2 Å². The van der Waals surface area contributed by atoms with Gasteiger partial charge in [0.2, 0.25) is 0 Å². The number of amides is 2. The SMILES string of the molecule is COc1cccc(C(=O)N2CCC(c3nc(C)ccc3C(=O)NCc3ccc(F)cc3)CC2)c1. The molecule has 2 aromatic carbocycles. The molecule has 0 radical (unpaired) electrons. The van der Waals surface area contributed by atoms with Gasteiger partial charge in [0.25, 0.3) is 11.8 Å². The second-order valence-electron chi connectivity index (χ2n) is 8.49. The van der Waals surface area contributed by atoms with Gasteiger partial charge in [0.1, 0.15) is 11.6 Å². The first kappa shape index (κ1) is 23.4. The van der Waals surface area contributed by atoms with Crippen LogP contribution in [0.5, 0.6) is 5.75 Å². The van der Waals surface area contributed by atoms with Crippen molar-refractivity contribution in [3.8, 4) is 5.75 Å². The molecule has 1 saturated heterocycles. The molecule has 0 bridgehead atoms. The Labute approximate surface area is 198 Å². The number of likely N-dealkylation sites (tertiary alicyclic amines) is 1. The lowest BCUT2D eigenvalue weighted by atomic mass is 9.89. The fourth-order valence-corrected chi connectivity index (χ4v) is 4.25. The first-order valence-electron chi connectivity index (χ1n) is 11.4. The van der Waals surface area contributed by atoms with E-state index in [2.05, 4.69) is 5.32 Å². The van der Waals surface area contributed by atoms with E-state index in [-0.39, 0.29) is 23.5 Å². The molecule has 6 nitrogen and oxygen atoms in total. The number of aromatic nitrogens is 1. The summed E-state index contributed by atoms with van der Waals surface area (Å²) >= 11 is 0. The Hall–Kier alpha value is -3.74. The number of halogens is 1. The molecule has 1 N–H and O–H groups in total. The molecule has 176 valence electrons. The van der Waals surface area contributed by atoms with Crippen LogP contribution >= 0.6 is 0 Å². The molecule has 1 aliphatic heterocycles. The molecule has 0 spiro atoms. The highest BCUT2D eigenvalue weighted by atomic mass is 19.1. The predicted octanol–water partition coefficient (Wildman–Crippen LogP) is 4.49. The number of rotatable bonds is 6. The number of carbonyl (C=O) groups excluding carboxylic acids is 2. The molecule has 0 saturated carbocycles. The summed E-state index contributed by atoms with van der Waals surface area (Å²) in [6, 6.07) is 16.9. The summed E-state index contributed by atoms with van der Waals surface area (Å²) in [5.74, 6) is 0.201. The number of nitrogens with zero attached hydrogens (tertiary/aromatic N) is 2. The molecule has 34 heavy (non-hydrogen) atoms. The predicted molar refractivity (Wildman–Crippen MR) is 127 cm³/mol. The molecular formula is C27H28FN3O3. The van der Waals surface area contributed by atoms with Gasteiger partial charge in [0.15, 0.2) is 0 Å². The minimum Gasteiger partial charge on any atom is -0.497 e. The number of benzene rings is 2. The van der Waals surface area contributed by atoms with Crippen molar-refractivity contribution in [3.05, 3.63) is 94.6 Å². The van der Waals surface area contributed by atoms with E-state index in [1.54, 1.807) is 31.4 Å². The van der Waals surface area contributed by atoms with Crippen LogP contribution in [-0.4, -0.2) is 41.9 Å². The molecule has 7 heteroatoms. The quantitative estimate of drug-likeness (QED) is 0.587. The Balaban J connectivity index is 1.43. The lowest BCUT2D eigenvalue weighted by molar-refractivity contribution is 0.0710. The monoisotopic (exact) mass is 461 g/mol. The summed E-state index contributed by atoms with van der Waals surface area (Å²) in [5, 5.41) is 2.92. The third-order valence-corrected chi connectivity index (χ3v) is 6.16. The largest absolute Gasteiger partial charge is 0.497 e. The van der Waals surface area contributed by atoms with Gasteiger partial charge in [-0.05, 0) is 67.8 Å². The average molecular weight is 462 g/mol. The van der Waals surface area contributed by atoms with Crippen molar-refractivity contribution < 1.29 is 18.7 Å². The molecule has 1 aromatic heterocycles. The van der Waals surface area contributed by atoms with Crippen LogP contribution < -0.4 is 10.1 Å². The zero-order valence-corrected chi connectivity index (χ0v) is 19.4. The maximum absolute atomic E-state index is 13.1. The fourth-order valence-electron chi connectivity index (χ4n) is 4.25. The highest BCUT2D eigenvalue weighted by Crippen LogP contribution is 2.30. The second-order valence-corrected chi connectivity index (χ2v) is 8.49. The van der Waals surface area contributed by atoms with Gasteiger partial charge in [-0.25, -0.2) is 4.39 Å². The molecule has 0 aliphatic carbocycles. The number of methoxy groups -OCH3 is 1. The van der Waals surface area contributed by atoms with Crippen molar-refractivity contribution in [3.63, 3.8) is 0 Å². The van der Waals surface area contributed by atoms with E-state index in [0.717, 1.165) is 29.8 Å². The highest BCUT2D eigenvalue weighted by molar-refractivity contribution is 5.96. The van der Waals surface area contributed by atoms with Crippen molar-refractivity contribution >= 4 is 11.8 Å². The molecule has 3 aromatic rings. The average Bonchev–Trinajstić information content (AvgIpc) is 2.88. The van der Waals surface area contributed by atoms with E-state index < -0.39 is 0 Å². The van der Waals surface area contributed by atoms with Crippen LogP contribution in [0.1, 0.15) is 56.4 Å². The van der Waals surface area contributed by atoms with Gasteiger partial charge in [-0.3, -0.25) is 14.6 Å². The third-order valence-electron chi connectivity index (χ3n) is 6.16. The van der Waals surface area contributed by atoms with E-state index >= 15 is 0 Å². The second kappa shape index (κ2) is 10.5. The van der Waals surface area contributed by atoms with Crippen LogP contribution in [-0.2, 0) is 6.54 Å². The Kier molecular flexibility index (Phi) is 7.21. The number of carbonyl (C=O) groups is 2. The standard InChI is InChI=1S/C27H28FN3O3/c1-18-6-11-24(26(32)29-17-19-7-9-22(28)10-8-19)25(30-18)20-12-14-31(15-13-20)27(33)21-4-3-5-23(16-21)34-2/h3-11,16,20H,12-15,17H2,1-2H3,(H,29,32). The number of hydrogen-bond donors (Lipinski definition) is 1. The minimum atomic E-state index is -0.309. The number of aryl methyl sites for hydroxylation is 1. The van der Waals surface area contributed by atoms with Gasteiger partial charge in [-0.2, -0.15) is 0 Å². The number of ether oxygens (including phenoxy) is 1. The van der Waals surface area contributed by atoms with Crippen LogP contribution in [0.25, 0.3) is 0 Å². The zero-order valence-electron chi connectivity index (χ0n) is 19.4. The molecule has 1 fully saturated rings. The molecule has 0 unspecified atom stereocenters. The Morgan fingerprint density at radius 1 is 1.09 bits per heavy atom. The van der Waals surface area contributed by atoms with Crippen molar-refractivity contribution in [1.29, 1.82) is 0 Å². The van der Waals surface area contributed by atoms with E-state index in [1.807, 2.05) is 36.1 Å². The number of piperidine rings is 1. The van der Waals surface area contributed by atoms with Gasteiger partial charge in [0.05, 0.1) is 18.4 Å². The van der Waals surface area contributed by atoms with Crippen molar-refractivity contribution in [1.82, 2.24) is 15.2 Å². The third kappa shape index (κ3) is 5.42. The van der Waals surface area contributed by atoms with Gasteiger partial charge < -0.3 is 15.0 Å². The Bertz CT molecular complexity index is 1170. The van der Waals surface area contributed by atoms with Crippen LogP contribution in [0.3, 0.4) is 0 Å². The lowest BCUT2D eigenvalue weighted by Gasteiger charge is -2.32. The maximum atomic E-state index is 13.1. The topological polar surface area (TPSA) is 71.5 Å². The van der Waals surface area contributed by atoms with Gasteiger partial charge in [-0.1, -0.05) is 18.2 Å². The maximum Gasteiger partial charge on any atom is 0.253 e. The number of hydrogen-bond acceptors (Lipinski definition) is 4. The Morgan fingerprint density at radius 2 is 1.82 bits per heavy atom. The summed E-state index contributed by atoms with van der Waals surface area (Å²) < 4.78 is 18.4. The summed E-state index contributed by atoms with van der Waals surface area (Å²) in [6.07, 6.45) is 1.45. The zero-order chi connectivity index (χ0) is 24.1. The minimum absolute atomic E-state index is 0.0215. The smallest absolute Gasteiger partial charge is 0.253 e. The molecule has 4 rings (SSSR count). The number of pyridine rings is 1. The van der Waals surface area contributed by atoms with Gasteiger partial charge in [0, 0.05) is 36.8 Å². The Morgan fingerprint density at radius 3 is 2.53 bits per heavy atom. The summed E-state index contributed by atoms with van der Waals surface area (Å²) in [6.45, 7) is 3.39. The molecular weight excluding hydrogens is 433 g/mol. The van der Waals surface area contributed by atoms with Gasteiger partial charge >= 0.3 is 0 Å². The summed E-state index contributed by atoms with van der Waals surface area (Å²) in [7, 11) is 1.58. The van der Waals surface area contributed by atoms with E-state index in [9.17, 15) is 14.0 Å². The van der Waals surface area contributed by atoms with Crippen LogP contribution in [0.15, 0.2) is 60.7 Å². The van der Waals surface area contributed by atoms with E-state index in [4.69, 9.17) is 9.72 Å². The number of nitrogens with one attached hydrogen (secondary N) is 1. The fraction of sp³-hybridized carbons (Fsp3) is 0.296. The van der Waals surface area contributed by atoms with E-state index in [1.165, 1.54) is 12.1 Å². The lowest BCUT2D eigenvalue weighted by Crippen LogP contribution is -2.38. The summed E-state index contributed by atoms with van der Waals surface area (Å²) in [5.41, 5.74) is 3.59. The van der Waals surface area contributed by atoms with Crippen molar-refractivity contribution in [2.75, 3.05) is 20.2 Å². The van der Waals surface area contributed by atoms with Crippen LogP contribution in [0, 0.1) is 12.7 Å². The normalized spacial score (nSPS) is 14.0. The van der Waals surface area contributed by atoms with Crippen LogP contribution in [0.2, 0.25) is 0 Å². The van der Waals surface area contributed by atoms with Gasteiger partial charge in [-0.15, -0.1) is 0 Å². The molecule has 1 aliphatic rings. The molecule has 2 heterocycles. The van der Waals surface area contributed by atoms with Crippen molar-refractivity contribution in [2.24, 2.45) is 0 Å². The summed E-state index contributed by atoms with van der Waals surface area (Å²) in [4.78, 5) is 32.5. The molecule has 2 amide bonds. The molecule has 0 atom stereocenters. The highest BCUT2D eigenvalue weighted by Gasteiger charge is 2.28. The van der Waals surface area contributed by atoms with E-state index in [0.29, 0.717) is 36.5 Å².